The molecule has 2 amide bonds. The summed E-state index contributed by atoms with van der Waals surface area (Å²) in [5.41, 5.74) is 1.01. The molecule has 26 heavy (non-hydrogen) atoms. The third-order valence-corrected chi connectivity index (χ3v) is 6.32. The van der Waals surface area contributed by atoms with E-state index in [1.165, 1.54) is 13.1 Å². The maximum atomic E-state index is 14.5. The molecule has 0 atom stereocenters. The zero-order valence-corrected chi connectivity index (χ0v) is 16.0. The highest BCUT2D eigenvalue weighted by Crippen LogP contribution is 2.38. The Morgan fingerprint density at radius 1 is 1.15 bits per heavy atom. The highest BCUT2D eigenvalue weighted by atomic mass is 35.5. The quantitative estimate of drug-likeness (QED) is 0.728. The Labute approximate surface area is 156 Å². The minimum absolute atomic E-state index is 0.0265. The highest BCUT2D eigenvalue weighted by molar-refractivity contribution is 7.88. The summed E-state index contributed by atoms with van der Waals surface area (Å²) in [5, 5.41) is 0.0265. The van der Waals surface area contributed by atoms with Crippen LogP contribution < -0.4 is 4.90 Å². The molecule has 9 heteroatoms. The Balaban J connectivity index is 2.00. The summed E-state index contributed by atoms with van der Waals surface area (Å²) in [6, 6.07) is 2.27. The second-order valence-corrected chi connectivity index (χ2v) is 9.02. The second-order valence-electron chi connectivity index (χ2n) is 6.52. The SMILES string of the molecule is CN(Cc1cc(N2C(=O)C3=C(CCCC3)C2=O)c(F)cc1Cl)S(C)(=O)=O. The van der Waals surface area contributed by atoms with Crippen molar-refractivity contribution in [1.82, 2.24) is 4.31 Å². The van der Waals surface area contributed by atoms with Gasteiger partial charge < -0.3 is 0 Å². The molecule has 0 bridgehead atoms. The van der Waals surface area contributed by atoms with Gasteiger partial charge in [0.1, 0.15) is 5.82 Å². The monoisotopic (exact) mass is 400 g/mol. The zero-order valence-electron chi connectivity index (χ0n) is 14.4. The first-order valence-electron chi connectivity index (χ1n) is 8.11. The van der Waals surface area contributed by atoms with E-state index in [2.05, 4.69) is 0 Å². The van der Waals surface area contributed by atoms with E-state index in [4.69, 9.17) is 11.6 Å². The molecule has 0 unspecified atom stereocenters. The summed E-state index contributed by atoms with van der Waals surface area (Å²) in [4.78, 5) is 26.1. The third-order valence-electron chi connectivity index (χ3n) is 4.71. The predicted molar refractivity (Wildman–Crippen MR) is 95.7 cm³/mol. The Hall–Kier alpha value is -1.77. The number of hydrogen-bond acceptors (Lipinski definition) is 4. The van der Waals surface area contributed by atoms with Crippen molar-refractivity contribution in [2.24, 2.45) is 0 Å². The molecule has 0 spiro atoms. The summed E-state index contributed by atoms with van der Waals surface area (Å²) in [6.07, 6.45) is 3.69. The van der Waals surface area contributed by atoms with E-state index in [1.54, 1.807) is 0 Å². The Morgan fingerprint density at radius 2 is 1.69 bits per heavy atom. The smallest absolute Gasteiger partial charge is 0.261 e. The molecule has 1 heterocycles. The van der Waals surface area contributed by atoms with Crippen LogP contribution in [-0.2, 0) is 26.2 Å². The molecule has 6 nitrogen and oxygen atoms in total. The molecular formula is C17H18ClFN2O4S. The van der Waals surface area contributed by atoms with Gasteiger partial charge >= 0.3 is 0 Å². The van der Waals surface area contributed by atoms with E-state index in [0.29, 0.717) is 29.6 Å². The summed E-state index contributed by atoms with van der Waals surface area (Å²) in [5.74, 6) is -1.82. The van der Waals surface area contributed by atoms with E-state index in [1.807, 2.05) is 0 Å². The summed E-state index contributed by atoms with van der Waals surface area (Å²) >= 11 is 6.04. The first-order chi connectivity index (χ1) is 12.1. The Kier molecular flexibility index (Phi) is 4.94. The average molecular weight is 401 g/mol. The van der Waals surface area contributed by atoms with Crippen molar-refractivity contribution in [3.63, 3.8) is 0 Å². The van der Waals surface area contributed by atoms with Crippen molar-refractivity contribution in [1.29, 1.82) is 0 Å². The van der Waals surface area contributed by atoms with Crippen LogP contribution in [0.4, 0.5) is 10.1 Å². The third kappa shape index (κ3) is 3.28. The maximum absolute atomic E-state index is 14.5. The number of anilines is 1. The number of halogens is 2. The molecule has 0 fully saturated rings. The molecule has 2 aliphatic rings. The van der Waals surface area contributed by atoms with Gasteiger partial charge in [-0.25, -0.2) is 22.0 Å². The molecule has 0 N–H and O–H groups in total. The second kappa shape index (κ2) is 6.75. The van der Waals surface area contributed by atoms with Crippen LogP contribution in [0.25, 0.3) is 0 Å². The van der Waals surface area contributed by atoms with Gasteiger partial charge in [-0.1, -0.05) is 11.6 Å². The van der Waals surface area contributed by atoms with Crippen molar-refractivity contribution in [3.05, 3.63) is 39.7 Å². The van der Waals surface area contributed by atoms with Crippen molar-refractivity contribution in [3.8, 4) is 0 Å². The van der Waals surface area contributed by atoms with Gasteiger partial charge in [0.15, 0.2) is 0 Å². The first-order valence-corrected chi connectivity index (χ1v) is 10.3. The highest BCUT2D eigenvalue weighted by Gasteiger charge is 2.41. The summed E-state index contributed by atoms with van der Waals surface area (Å²) < 4.78 is 38.8. The minimum Gasteiger partial charge on any atom is -0.269 e. The number of benzene rings is 1. The molecule has 0 saturated heterocycles. The standard InChI is InChI=1S/C17H18ClFN2O4S/c1-20(26(2,24)25)9-10-7-15(14(19)8-13(10)18)21-16(22)11-5-3-4-6-12(11)17(21)23/h7-8H,3-6,9H2,1-2H3. The summed E-state index contributed by atoms with van der Waals surface area (Å²) in [6.45, 7) is -0.103. The van der Waals surface area contributed by atoms with Crippen LogP contribution in [0.1, 0.15) is 31.2 Å². The number of carbonyl (C=O) groups excluding carboxylic acids is 2. The van der Waals surface area contributed by atoms with Crippen LogP contribution in [0.5, 0.6) is 0 Å². The van der Waals surface area contributed by atoms with Crippen LogP contribution in [0.2, 0.25) is 5.02 Å². The lowest BCUT2D eigenvalue weighted by Crippen LogP contribution is -2.32. The number of sulfonamides is 1. The topological polar surface area (TPSA) is 74.8 Å². The van der Waals surface area contributed by atoms with E-state index < -0.39 is 27.7 Å². The van der Waals surface area contributed by atoms with Crippen molar-refractivity contribution < 1.29 is 22.4 Å². The Bertz CT molecular complexity index is 914. The van der Waals surface area contributed by atoms with Gasteiger partial charge in [0.2, 0.25) is 10.0 Å². The van der Waals surface area contributed by atoms with Crippen molar-refractivity contribution in [2.75, 3.05) is 18.2 Å². The van der Waals surface area contributed by atoms with Crippen LogP contribution in [0.15, 0.2) is 23.3 Å². The van der Waals surface area contributed by atoms with Gasteiger partial charge in [-0.3, -0.25) is 9.59 Å². The molecule has 0 saturated carbocycles. The minimum atomic E-state index is -3.47. The lowest BCUT2D eigenvalue weighted by Gasteiger charge is -2.20. The average Bonchev–Trinajstić information content (AvgIpc) is 2.81. The van der Waals surface area contributed by atoms with Crippen LogP contribution in [0.3, 0.4) is 0 Å². The number of imide groups is 1. The Morgan fingerprint density at radius 3 is 2.19 bits per heavy atom. The van der Waals surface area contributed by atoms with Gasteiger partial charge in [0.25, 0.3) is 11.8 Å². The largest absolute Gasteiger partial charge is 0.269 e. The van der Waals surface area contributed by atoms with Gasteiger partial charge in [0.05, 0.1) is 11.9 Å². The number of amides is 2. The number of rotatable bonds is 4. The van der Waals surface area contributed by atoms with Gasteiger partial charge in [-0.05, 0) is 43.4 Å². The predicted octanol–water partition coefficient (Wildman–Crippen LogP) is 2.61. The molecule has 1 aromatic carbocycles. The van der Waals surface area contributed by atoms with Gasteiger partial charge in [-0.15, -0.1) is 0 Å². The maximum Gasteiger partial charge on any atom is 0.261 e. The fourth-order valence-electron chi connectivity index (χ4n) is 3.19. The molecule has 1 aliphatic carbocycles. The first kappa shape index (κ1) is 19.0. The van der Waals surface area contributed by atoms with Gasteiger partial charge in [-0.2, -0.15) is 0 Å². The van der Waals surface area contributed by atoms with Crippen LogP contribution in [0, 0.1) is 5.82 Å². The lowest BCUT2D eigenvalue weighted by molar-refractivity contribution is -0.120. The molecule has 0 aromatic heterocycles. The zero-order chi connectivity index (χ0) is 19.2. The van der Waals surface area contributed by atoms with E-state index >= 15 is 0 Å². The lowest BCUT2D eigenvalue weighted by atomic mass is 9.93. The number of hydrogen-bond donors (Lipinski definition) is 0. The van der Waals surface area contributed by atoms with Crippen LogP contribution >= 0.6 is 11.6 Å². The van der Waals surface area contributed by atoms with Gasteiger partial charge in [0, 0.05) is 29.8 Å². The van der Waals surface area contributed by atoms with E-state index in [0.717, 1.165) is 34.4 Å². The van der Waals surface area contributed by atoms with E-state index in [-0.39, 0.29) is 17.3 Å². The molecule has 1 aromatic rings. The number of carbonyl (C=O) groups is 2. The normalized spacial score (nSPS) is 18.1. The fourth-order valence-corrected chi connectivity index (χ4v) is 3.77. The summed E-state index contributed by atoms with van der Waals surface area (Å²) in [7, 11) is -2.11. The number of nitrogens with zero attached hydrogens (tertiary/aromatic N) is 2. The molecule has 0 radical (unpaired) electrons. The molecular weight excluding hydrogens is 383 g/mol. The van der Waals surface area contributed by atoms with Crippen LogP contribution in [-0.4, -0.2) is 37.8 Å². The molecule has 140 valence electrons. The van der Waals surface area contributed by atoms with E-state index in [9.17, 15) is 22.4 Å². The molecule has 3 rings (SSSR count). The van der Waals surface area contributed by atoms with Crippen molar-refractivity contribution in [2.45, 2.75) is 32.2 Å². The van der Waals surface area contributed by atoms with Crippen molar-refractivity contribution >= 4 is 39.1 Å². The molecule has 1 aliphatic heterocycles. The fraction of sp³-hybridized carbons (Fsp3) is 0.412.